The average Bonchev–Trinajstić information content (AvgIpc) is 2.45. The van der Waals surface area contributed by atoms with Crippen LogP contribution in [0.3, 0.4) is 0 Å². The number of amides is 1. The van der Waals surface area contributed by atoms with Gasteiger partial charge < -0.3 is 15.4 Å². The largest absolute Gasteiger partial charge is 0.478 e. The molecule has 0 saturated carbocycles. The second-order valence-corrected chi connectivity index (χ2v) is 4.92. The van der Waals surface area contributed by atoms with Crippen molar-refractivity contribution in [2.24, 2.45) is 0 Å². The highest BCUT2D eigenvalue weighted by atomic mass is 16.5. The van der Waals surface area contributed by atoms with Gasteiger partial charge in [0, 0.05) is 19.2 Å². The van der Waals surface area contributed by atoms with Gasteiger partial charge >= 0.3 is 0 Å². The van der Waals surface area contributed by atoms with Gasteiger partial charge in [0.1, 0.15) is 5.75 Å². The first kappa shape index (κ1) is 12.5. The standard InChI is InChI=1S/C16H16N2O2/c1-18-13-7-2-3-8-14(13)20-15(16(18)19)10-11-5-4-6-12(17)9-11/h2-9,15H,10,17H2,1H3. The van der Waals surface area contributed by atoms with Crippen molar-refractivity contribution in [1.82, 2.24) is 0 Å². The van der Waals surface area contributed by atoms with E-state index in [4.69, 9.17) is 10.5 Å². The SMILES string of the molecule is CN1C(=O)C(Cc2cccc(N)c2)Oc2ccccc21. The van der Waals surface area contributed by atoms with Crippen molar-refractivity contribution < 1.29 is 9.53 Å². The predicted octanol–water partition coefficient (Wildman–Crippen LogP) is 2.24. The number of hydrogen-bond acceptors (Lipinski definition) is 3. The third-order valence-electron chi connectivity index (χ3n) is 3.47. The molecule has 0 saturated heterocycles. The maximum atomic E-state index is 12.3. The molecule has 0 aromatic heterocycles. The van der Waals surface area contributed by atoms with Crippen LogP contribution < -0.4 is 15.4 Å². The summed E-state index contributed by atoms with van der Waals surface area (Å²) in [5, 5.41) is 0. The first-order valence-electron chi connectivity index (χ1n) is 6.53. The lowest BCUT2D eigenvalue weighted by Gasteiger charge is -2.32. The van der Waals surface area contributed by atoms with Gasteiger partial charge in [-0.15, -0.1) is 0 Å². The Kier molecular flexibility index (Phi) is 3.06. The highest BCUT2D eigenvalue weighted by Gasteiger charge is 2.31. The van der Waals surface area contributed by atoms with Crippen molar-refractivity contribution in [2.75, 3.05) is 17.7 Å². The molecule has 1 atom stereocenters. The second-order valence-electron chi connectivity index (χ2n) is 4.92. The number of nitrogen functional groups attached to an aromatic ring is 1. The third kappa shape index (κ3) is 2.20. The number of anilines is 2. The van der Waals surface area contributed by atoms with E-state index in [2.05, 4.69) is 0 Å². The molecule has 2 aromatic rings. The molecule has 4 heteroatoms. The molecule has 0 fully saturated rings. The van der Waals surface area contributed by atoms with E-state index in [0.29, 0.717) is 12.1 Å². The molecular formula is C16H16N2O2. The van der Waals surface area contributed by atoms with Crippen LogP contribution in [-0.4, -0.2) is 19.1 Å². The Morgan fingerprint density at radius 1 is 1.20 bits per heavy atom. The van der Waals surface area contributed by atoms with Crippen LogP contribution in [0.15, 0.2) is 48.5 Å². The van der Waals surface area contributed by atoms with E-state index in [0.717, 1.165) is 17.0 Å². The molecule has 0 aliphatic carbocycles. The fourth-order valence-corrected chi connectivity index (χ4v) is 2.44. The van der Waals surface area contributed by atoms with Crippen LogP contribution in [0.2, 0.25) is 0 Å². The van der Waals surface area contributed by atoms with Crippen molar-refractivity contribution >= 4 is 17.3 Å². The number of benzene rings is 2. The molecule has 2 aromatic carbocycles. The van der Waals surface area contributed by atoms with Crippen molar-refractivity contribution in [3.63, 3.8) is 0 Å². The van der Waals surface area contributed by atoms with Gasteiger partial charge in [-0.25, -0.2) is 0 Å². The van der Waals surface area contributed by atoms with Crippen molar-refractivity contribution in [3.05, 3.63) is 54.1 Å². The number of para-hydroxylation sites is 2. The zero-order valence-corrected chi connectivity index (χ0v) is 11.2. The average molecular weight is 268 g/mol. The summed E-state index contributed by atoms with van der Waals surface area (Å²) in [5.74, 6) is 0.703. The van der Waals surface area contributed by atoms with Gasteiger partial charge in [-0.1, -0.05) is 24.3 Å². The Morgan fingerprint density at radius 2 is 2.00 bits per heavy atom. The van der Waals surface area contributed by atoms with Crippen LogP contribution in [0.5, 0.6) is 5.75 Å². The monoisotopic (exact) mass is 268 g/mol. The Balaban J connectivity index is 1.87. The Bertz CT molecular complexity index is 654. The highest BCUT2D eigenvalue weighted by Crippen LogP contribution is 2.33. The van der Waals surface area contributed by atoms with Gasteiger partial charge in [-0.2, -0.15) is 0 Å². The van der Waals surface area contributed by atoms with Crippen molar-refractivity contribution in [3.8, 4) is 5.75 Å². The fraction of sp³-hybridized carbons (Fsp3) is 0.188. The number of rotatable bonds is 2. The summed E-state index contributed by atoms with van der Waals surface area (Å²) in [4.78, 5) is 14.0. The number of carbonyl (C=O) groups is 1. The van der Waals surface area contributed by atoms with Crippen LogP contribution in [0.25, 0.3) is 0 Å². The Morgan fingerprint density at radius 3 is 2.80 bits per heavy atom. The van der Waals surface area contributed by atoms with E-state index in [1.54, 1.807) is 11.9 Å². The molecule has 1 aliphatic rings. The van der Waals surface area contributed by atoms with Gasteiger partial charge in [0.25, 0.3) is 5.91 Å². The zero-order chi connectivity index (χ0) is 14.1. The molecule has 0 bridgehead atoms. The summed E-state index contributed by atoms with van der Waals surface area (Å²) in [5.41, 5.74) is 8.26. The van der Waals surface area contributed by atoms with Gasteiger partial charge in [0.15, 0.2) is 6.10 Å². The first-order chi connectivity index (χ1) is 9.65. The first-order valence-corrected chi connectivity index (χ1v) is 6.53. The number of ether oxygens (including phenoxy) is 1. The van der Waals surface area contributed by atoms with Crippen molar-refractivity contribution in [2.45, 2.75) is 12.5 Å². The molecule has 20 heavy (non-hydrogen) atoms. The minimum Gasteiger partial charge on any atom is -0.478 e. The molecule has 4 nitrogen and oxygen atoms in total. The Labute approximate surface area is 117 Å². The number of nitrogens with two attached hydrogens (primary N) is 1. The minimum absolute atomic E-state index is 0.0360. The van der Waals surface area contributed by atoms with E-state index in [9.17, 15) is 4.79 Å². The molecular weight excluding hydrogens is 252 g/mol. The molecule has 1 amide bonds. The van der Waals surface area contributed by atoms with Gasteiger partial charge in [0.2, 0.25) is 0 Å². The number of likely N-dealkylation sites (N-methyl/N-ethyl adjacent to an activating group) is 1. The molecule has 102 valence electrons. The van der Waals surface area contributed by atoms with E-state index < -0.39 is 6.10 Å². The lowest BCUT2D eigenvalue weighted by molar-refractivity contribution is -0.125. The molecule has 2 N–H and O–H groups in total. The lowest BCUT2D eigenvalue weighted by Crippen LogP contribution is -2.44. The smallest absolute Gasteiger partial charge is 0.268 e. The molecule has 0 spiro atoms. The highest BCUT2D eigenvalue weighted by molar-refractivity contribution is 5.99. The number of hydrogen-bond donors (Lipinski definition) is 1. The Hall–Kier alpha value is -2.49. The fourth-order valence-electron chi connectivity index (χ4n) is 2.44. The normalized spacial score (nSPS) is 17.6. The van der Waals surface area contributed by atoms with E-state index in [1.807, 2.05) is 48.5 Å². The quantitative estimate of drug-likeness (QED) is 0.850. The molecule has 1 aliphatic heterocycles. The molecule has 1 unspecified atom stereocenters. The van der Waals surface area contributed by atoms with Crippen LogP contribution in [0.4, 0.5) is 11.4 Å². The van der Waals surface area contributed by atoms with Gasteiger partial charge in [0.05, 0.1) is 5.69 Å². The number of carbonyl (C=O) groups excluding carboxylic acids is 1. The van der Waals surface area contributed by atoms with Crippen LogP contribution in [0, 0.1) is 0 Å². The van der Waals surface area contributed by atoms with Crippen LogP contribution in [-0.2, 0) is 11.2 Å². The molecule has 0 radical (unpaired) electrons. The summed E-state index contributed by atoms with van der Waals surface area (Å²) in [6, 6.07) is 15.1. The summed E-state index contributed by atoms with van der Waals surface area (Å²) in [7, 11) is 1.77. The number of fused-ring (bicyclic) bond motifs is 1. The summed E-state index contributed by atoms with van der Waals surface area (Å²) < 4.78 is 5.83. The maximum absolute atomic E-state index is 12.3. The third-order valence-corrected chi connectivity index (χ3v) is 3.47. The summed E-state index contributed by atoms with van der Waals surface area (Å²) in [6.07, 6.45) is 0.0134. The maximum Gasteiger partial charge on any atom is 0.268 e. The summed E-state index contributed by atoms with van der Waals surface area (Å²) >= 11 is 0. The molecule has 3 rings (SSSR count). The lowest BCUT2D eigenvalue weighted by atomic mass is 10.0. The van der Waals surface area contributed by atoms with Crippen LogP contribution >= 0.6 is 0 Å². The van der Waals surface area contributed by atoms with Crippen molar-refractivity contribution in [1.29, 1.82) is 0 Å². The second kappa shape index (κ2) is 4.89. The van der Waals surface area contributed by atoms with Crippen LogP contribution in [0.1, 0.15) is 5.56 Å². The van der Waals surface area contributed by atoms with E-state index in [1.165, 1.54) is 0 Å². The van der Waals surface area contributed by atoms with Gasteiger partial charge in [-0.3, -0.25) is 4.79 Å². The predicted molar refractivity (Wildman–Crippen MR) is 78.8 cm³/mol. The topological polar surface area (TPSA) is 55.6 Å². The van der Waals surface area contributed by atoms with E-state index in [-0.39, 0.29) is 5.91 Å². The van der Waals surface area contributed by atoms with Gasteiger partial charge in [-0.05, 0) is 29.8 Å². The molecule has 1 heterocycles. The number of nitrogens with zero attached hydrogens (tertiary/aromatic N) is 1. The van der Waals surface area contributed by atoms with E-state index >= 15 is 0 Å². The minimum atomic E-state index is -0.503. The zero-order valence-electron chi connectivity index (χ0n) is 11.2. The summed E-state index contributed by atoms with van der Waals surface area (Å²) in [6.45, 7) is 0.